The minimum atomic E-state index is -3.48. The molecule has 2 heterocycles. The van der Waals surface area contributed by atoms with Crippen LogP contribution in [0.2, 0.25) is 0 Å². The van der Waals surface area contributed by atoms with Crippen molar-refractivity contribution in [2.75, 3.05) is 49.9 Å². The van der Waals surface area contributed by atoms with Crippen LogP contribution in [0.25, 0.3) is 0 Å². The van der Waals surface area contributed by atoms with Crippen molar-refractivity contribution in [1.29, 1.82) is 0 Å². The molecular formula is C11H19N5O2S. The van der Waals surface area contributed by atoms with Crippen molar-refractivity contribution in [2.45, 2.75) is 0 Å². The molecule has 7 nitrogen and oxygen atoms in total. The highest BCUT2D eigenvalue weighted by atomic mass is 32.2. The van der Waals surface area contributed by atoms with Crippen LogP contribution in [0.4, 0.5) is 11.5 Å². The molecule has 0 amide bonds. The molecule has 1 fully saturated rings. The van der Waals surface area contributed by atoms with Gasteiger partial charge in [0.1, 0.15) is 5.82 Å². The van der Waals surface area contributed by atoms with Crippen LogP contribution in [0.15, 0.2) is 18.3 Å². The molecule has 0 unspecified atom stereocenters. The zero-order valence-corrected chi connectivity index (χ0v) is 11.9. The summed E-state index contributed by atoms with van der Waals surface area (Å²) < 4.78 is 28.2. The SMILES string of the molecule is CN(C)c1ccc(NS(=O)(=O)N2CCNCC2)cn1. The Balaban J connectivity index is 2.06. The standard InChI is InChI=1S/C11H19N5O2S/c1-15(2)11-4-3-10(9-13-11)14-19(17,18)16-7-5-12-6-8-16/h3-4,9,12,14H,5-8H2,1-2H3. The number of aromatic nitrogens is 1. The largest absolute Gasteiger partial charge is 0.363 e. The molecule has 1 aromatic rings. The molecule has 8 heteroatoms. The summed E-state index contributed by atoms with van der Waals surface area (Å²) in [7, 11) is 0.284. The highest BCUT2D eigenvalue weighted by Crippen LogP contribution is 2.14. The third-order valence-corrected chi connectivity index (χ3v) is 4.41. The maximum absolute atomic E-state index is 12.1. The minimum absolute atomic E-state index is 0.476. The number of nitrogens with zero attached hydrogens (tertiary/aromatic N) is 3. The molecule has 2 N–H and O–H groups in total. The molecule has 0 aromatic carbocycles. The van der Waals surface area contributed by atoms with Gasteiger partial charge in [0.05, 0.1) is 11.9 Å². The van der Waals surface area contributed by atoms with Gasteiger partial charge in [0.25, 0.3) is 0 Å². The van der Waals surface area contributed by atoms with Crippen molar-refractivity contribution in [1.82, 2.24) is 14.6 Å². The molecule has 0 bridgehead atoms. The highest BCUT2D eigenvalue weighted by molar-refractivity contribution is 7.90. The van der Waals surface area contributed by atoms with E-state index in [1.807, 2.05) is 19.0 Å². The molecule has 1 aliphatic heterocycles. The van der Waals surface area contributed by atoms with Crippen molar-refractivity contribution in [2.24, 2.45) is 0 Å². The van der Waals surface area contributed by atoms with Gasteiger partial charge in [-0.05, 0) is 12.1 Å². The Hall–Kier alpha value is -1.38. The van der Waals surface area contributed by atoms with Crippen LogP contribution in [0.3, 0.4) is 0 Å². The first-order valence-electron chi connectivity index (χ1n) is 6.11. The van der Waals surface area contributed by atoms with E-state index in [0.717, 1.165) is 5.82 Å². The fourth-order valence-corrected chi connectivity index (χ4v) is 3.02. The molecule has 0 atom stereocenters. The van der Waals surface area contributed by atoms with Gasteiger partial charge in [-0.2, -0.15) is 12.7 Å². The summed E-state index contributed by atoms with van der Waals surface area (Å²) in [6, 6.07) is 3.48. The monoisotopic (exact) mass is 285 g/mol. The minimum Gasteiger partial charge on any atom is -0.363 e. The van der Waals surface area contributed by atoms with Gasteiger partial charge < -0.3 is 10.2 Å². The Bertz CT molecular complexity index is 508. The molecule has 1 aromatic heterocycles. The fourth-order valence-electron chi connectivity index (χ4n) is 1.81. The lowest BCUT2D eigenvalue weighted by atomic mass is 10.4. The number of pyridine rings is 1. The van der Waals surface area contributed by atoms with E-state index in [2.05, 4.69) is 15.0 Å². The van der Waals surface area contributed by atoms with Crippen LogP contribution < -0.4 is 14.9 Å². The van der Waals surface area contributed by atoms with Gasteiger partial charge in [0.2, 0.25) is 0 Å². The van der Waals surface area contributed by atoms with E-state index in [4.69, 9.17) is 0 Å². The Kier molecular flexibility index (Phi) is 4.23. The van der Waals surface area contributed by atoms with Gasteiger partial charge >= 0.3 is 10.2 Å². The molecule has 1 aliphatic rings. The van der Waals surface area contributed by atoms with E-state index in [1.165, 1.54) is 10.5 Å². The molecule has 106 valence electrons. The Morgan fingerprint density at radius 3 is 2.53 bits per heavy atom. The van der Waals surface area contributed by atoms with Gasteiger partial charge in [-0.1, -0.05) is 0 Å². The summed E-state index contributed by atoms with van der Waals surface area (Å²) in [6.45, 7) is 2.33. The van der Waals surface area contributed by atoms with Gasteiger partial charge in [0, 0.05) is 40.3 Å². The summed E-state index contributed by atoms with van der Waals surface area (Å²) in [5, 5.41) is 3.12. The van der Waals surface area contributed by atoms with Gasteiger partial charge in [-0.3, -0.25) is 4.72 Å². The summed E-state index contributed by atoms with van der Waals surface area (Å²) in [6.07, 6.45) is 1.52. The maximum atomic E-state index is 12.1. The Morgan fingerprint density at radius 2 is 2.00 bits per heavy atom. The van der Waals surface area contributed by atoms with Crippen LogP contribution in [0.1, 0.15) is 0 Å². The molecule has 0 saturated carbocycles. The zero-order valence-electron chi connectivity index (χ0n) is 11.1. The highest BCUT2D eigenvalue weighted by Gasteiger charge is 2.23. The van der Waals surface area contributed by atoms with E-state index < -0.39 is 10.2 Å². The molecule has 1 saturated heterocycles. The van der Waals surface area contributed by atoms with Gasteiger partial charge in [0.15, 0.2) is 0 Å². The van der Waals surface area contributed by atoms with E-state index in [9.17, 15) is 8.42 Å². The van der Waals surface area contributed by atoms with E-state index >= 15 is 0 Å². The maximum Gasteiger partial charge on any atom is 0.301 e. The van der Waals surface area contributed by atoms with Crippen molar-refractivity contribution in [3.63, 3.8) is 0 Å². The van der Waals surface area contributed by atoms with E-state index in [-0.39, 0.29) is 0 Å². The van der Waals surface area contributed by atoms with Crippen molar-refractivity contribution < 1.29 is 8.42 Å². The first-order chi connectivity index (χ1) is 8.99. The lowest BCUT2D eigenvalue weighted by Crippen LogP contribution is -2.48. The normalized spacial score (nSPS) is 17.2. The number of anilines is 2. The first kappa shape index (κ1) is 14.0. The predicted octanol–water partition coefficient (Wildman–Crippen LogP) is -0.290. The number of hydrogen-bond donors (Lipinski definition) is 2. The molecule has 0 radical (unpaired) electrons. The van der Waals surface area contributed by atoms with Crippen molar-refractivity contribution >= 4 is 21.7 Å². The predicted molar refractivity (Wildman–Crippen MR) is 75.5 cm³/mol. The fraction of sp³-hybridized carbons (Fsp3) is 0.545. The third kappa shape index (κ3) is 3.55. The second-order valence-electron chi connectivity index (χ2n) is 4.56. The average molecular weight is 285 g/mol. The average Bonchev–Trinajstić information content (AvgIpc) is 2.40. The molecule has 0 spiro atoms. The zero-order chi connectivity index (χ0) is 13.9. The number of hydrogen-bond acceptors (Lipinski definition) is 5. The summed E-state index contributed by atoms with van der Waals surface area (Å²) >= 11 is 0. The molecular weight excluding hydrogens is 266 g/mol. The molecule has 19 heavy (non-hydrogen) atoms. The topological polar surface area (TPSA) is 77.6 Å². The van der Waals surface area contributed by atoms with Crippen LogP contribution in [0, 0.1) is 0 Å². The summed E-state index contributed by atoms with van der Waals surface area (Å²) in [5.74, 6) is 0.783. The summed E-state index contributed by atoms with van der Waals surface area (Å²) in [5.41, 5.74) is 0.476. The Labute approximate surface area is 113 Å². The second kappa shape index (κ2) is 5.72. The third-order valence-electron chi connectivity index (χ3n) is 2.87. The van der Waals surface area contributed by atoms with E-state index in [1.54, 1.807) is 12.1 Å². The van der Waals surface area contributed by atoms with Gasteiger partial charge in [-0.15, -0.1) is 0 Å². The number of rotatable bonds is 4. The quantitative estimate of drug-likeness (QED) is 0.795. The first-order valence-corrected chi connectivity index (χ1v) is 7.55. The lowest BCUT2D eigenvalue weighted by molar-refractivity contribution is 0.362. The molecule has 2 rings (SSSR count). The van der Waals surface area contributed by atoms with Gasteiger partial charge in [-0.25, -0.2) is 4.98 Å². The Morgan fingerprint density at radius 1 is 1.32 bits per heavy atom. The smallest absolute Gasteiger partial charge is 0.301 e. The van der Waals surface area contributed by atoms with Crippen molar-refractivity contribution in [3.8, 4) is 0 Å². The lowest BCUT2D eigenvalue weighted by Gasteiger charge is -2.26. The number of piperazine rings is 1. The van der Waals surface area contributed by atoms with Crippen LogP contribution >= 0.6 is 0 Å². The summed E-state index contributed by atoms with van der Waals surface area (Å²) in [4.78, 5) is 6.03. The van der Waals surface area contributed by atoms with E-state index in [0.29, 0.717) is 31.9 Å². The molecule has 0 aliphatic carbocycles. The van der Waals surface area contributed by atoms with Crippen LogP contribution in [-0.4, -0.2) is 58.0 Å². The van der Waals surface area contributed by atoms with Crippen molar-refractivity contribution in [3.05, 3.63) is 18.3 Å². The number of nitrogens with one attached hydrogen (secondary N) is 2. The van der Waals surface area contributed by atoms with Crippen LogP contribution in [0.5, 0.6) is 0 Å². The second-order valence-corrected chi connectivity index (χ2v) is 6.23. The van der Waals surface area contributed by atoms with Crippen LogP contribution in [-0.2, 0) is 10.2 Å².